The van der Waals surface area contributed by atoms with Crippen LogP contribution in [0.15, 0.2) is 0 Å². The summed E-state index contributed by atoms with van der Waals surface area (Å²) < 4.78 is 12.7. The quantitative estimate of drug-likeness (QED) is 0.641. The van der Waals surface area contributed by atoms with E-state index in [1.807, 2.05) is 0 Å². The van der Waals surface area contributed by atoms with E-state index < -0.39 is 0 Å². The molecule has 2 atom stereocenters. The molecule has 0 bridgehead atoms. The Morgan fingerprint density at radius 1 is 1.00 bits per heavy atom. The average molecular weight is 341 g/mol. The molecule has 142 valence electrons. The van der Waals surface area contributed by atoms with Gasteiger partial charge in [-0.2, -0.15) is 0 Å². The summed E-state index contributed by atoms with van der Waals surface area (Å²) in [6.07, 6.45) is 6.24. The standard InChI is InChI=1S/C20H40N2O2/c1-7-22-14-10-18(15-22)24-20(4,5)12-11-19(2,3)23-16-17-9-8-13-21(17)6/h17-18H,7-16H2,1-6H3. The summed E-state index contributed by atoms with van der Waals surface area (Å²) in [6, 6.07) is 0.604. The van der Waals surface area contributed by atoms with E-state index in [0.29, 0.717) is 12.1 Å². The molecule has 2 aliphatic rings. The summed E-state index contributed by atoms with van der Waals surface area (Å²) in [5.74, 6) is 0. The summed E-state index contributed by atoms with van der Waals surface area (Å²) in [5, 5.41) is 0. The van der Waals surface area contributed by atoms with Gasteiger partial charge in [0.05, 0.1) is 23.9 Å². The van der Waals surface area contributed by atoms with Gasteiger partial charge in [-0.05, 0) is 79.9 Å². The molecule has 0 aromatic rings. The number of hydrogen-bond acceptors (Lipinski definition) is 4. The van der Waals surface area contributed by atoms with Crippen LogP contribution in [0.5, 0.6) is 0 Å². The number of nitrogens with zero attached hydrogens (tertiary/aromatic N) is 2. The van der Waals surface area contributed by atoms with Gasteiger partial charge < -0.3 is 19.3 Å². The van der Waals surface area contributed by atoms with Crippen LogP contribution in [0.2, 0.25) is 0 Å². The number of likely N-dealkylation sites (tertiary alicyclic amines) is 2. The minimum absolute atomic E-state index is 0.0702. The van der Waals surface area contributed by atoms with Gasteiger partial charge in [0, 0.05) is 19.1 Å². The number of rotatable bonds is 9. The third kappa shape index (κ3) is 6.29. The van der Waals surface area contributed by atoms with Crippen molar-refractivity contribution in [3.05, 3.63) is 0 Å². The van der Waals surface area contributed by atoms with Crippen molar-refractivity contribution in [3.63, 3.8) is 0 Å². The molecule has 24 heavy (non-hydrogen) atoms. The zero-order valence-corrected chi connectivity index (χ0v) is 16.9. The third-order valence-electron chi connectivity index (χ3n) is 5.83. The maximum Gasteiger partial charge on any atom is 0.0721 e. The highest BCUT2D eigenvalue weighted by molar-refractivity contribution is 4.83. The van der Waals surface area contributed by atoms with Crippen LogP contribution in [0.4, 0.5) is 0 Å². The molecule has 0 N–H and O–H groups in total. The van der Waals surface area contributed by atoms with Gasteiger partial charge in [0.2, 0.25) is 0 Å². The molecular formula is C20H40N2O2. The Kier molecular flexibility index (Phi) is 7.12. The Bertz CT molecular complexity index is 384. The monoisotopic (exact) mass is 340 g/mol. The minimum atomic E-state index is -0.0742. The van der Waals surface area contributed by atoms with Gasteiger partial charge in [0.25, 0.3) is 0 Å². The maximum absolute atomic E-state index is 6.42. The molecule has 2 fully saturated rings. The van der Waals surface area contributed by atoms with Crippen LogP contribution >= 0.6 is 0 Å². The Hall–Kier alpha value is -0.160. The fourth-order valence-corrected chi connectivity index (χ4v) is 3.88. The van der Waals surface area contributed by atoms with E-state index in [-0.39, 0.29) is 11.2 Å². The summed E-state index contributed by atoms with van der Waals surface area (Å²) in [4.78, 5) is 4.91. The van der Waals surface area contributed by atoms with Crippen molar-refractivity contribution >= 4 is 0 Å². The molecule has 2 rings (SSSR count). The van der Waals surface area contributed by atoms with Crippen LogP contribution in [0.1, 0.15) is 66.7 Å². The highest BCUT2D eigenvalue weighted by Gasteiger charge is 2.32. The van der Waals surface area contributed by atoms with E-state index in [1.165, 1.54) is 32.4 Å². The third-order valence-corrected chi connectivity index (χ3v) is 5.83. The second kappa shape index (κ2) is 8.48. The van der Waals surface area contributed by atoms with Gasteiger partial charge in [-0.25, -0.2) is 0 Å². The van der Waals surface area contributed by atoms with Gasteiger partial charge >= 0.3 is 0 Å². The summed E-state index contributed by atoms with van der Waals surface area (Å²) in [5.41, 5.74) is -0.144. The van der Waals surface area contributed by atoms with Crippen molar-refractivity contribution in [3.8, 4) is 0 Å². The lowest BCUT2D eigenvalue weighted by atomic mass is 9.93. The van der Waals surface area contributed by atoms with Crippen LogP contribution < -0.4 is 0 Å². The predicted molar refractivity (Wildman–Crippen MR) is 101 cm³/mol. The Morgan fingerprint density at radius 2 is 1.71 bits per heavy atom. The molecule has 0 amide bonds. The van der Waals surface area contributed by atoms with Crippen LogP contribution in [-0.2, 0) is 9.47 Å². The Labute approximate surface area is 149 Å². The summed E-state index contributed by atoms with van der Waals surface area (Å²) >= 11 is 0. The predicted octanol–water partition coefficient (Wildman–Crippen LogP) is 3.55. The van der Waals surface area contributed by atoms with Crippen molar-refractivity contribution in [1.29, 1.82) is 0 Å². The zero-order chi connectivity index (χ0) is 17.8. The van der Waals surface area contributed by atoms with Crippen LogP contribution in [0, 0.1) is 0 Å². The fourth-order valence-electron chi connectivity index (χ4n) is 3.88. The molecular weight excluding hydrogens is 300 g/mol. The molecule has 0 aromatic heterocycles. The first-order valence-corrected chi connectivity index (χ1v) is 9.95. The van der Waals surface area contributed by atoms with Crippen molar-refractivity contribution in [2.45, 2.75) is 90.1 Å². The molecule has 0 spiro atoms. The SMILES string of the molecule is CCN1CCC(OC(C)(C)CCC(C)(C)OCC2CCCN2C)C1. The number of ether oxygens (including phenoxy) is 2. The Morgan fingerprint density at radius 3 is 2.29 bits per heavy atom. The molecule has 0 radical (unpaired) electrons. The topological polar surface area (TPSA) is 24.9 Å². The van der Waals surface area contributed by atoms with Crippen LogP contribution in [-0.4, -0.2) is 73.0 Å². The first kappa shape index (κ1) is 20.2. The minimum Gasteiger partial charge on any atom is -0.374 e. The first-order valence-electron chi connectivity index (χ1n) is 9.95. The fraction of sp³-hybridized carbons (Fsp3) is 1.00. The number of likely N-dealkylation sites (N-methyl/N-ethyl adjacent to an activating group) is 2. The van der Waals surface area contributed by atoms with Crippen LogP contribution in [0.3, 0.4) is 0 Å². The molecule has 0 aromatic carbocycles. The Balaban J connectivity index is 1.71. The van der Waals surface area contributed by atoms with Gasteiger partial charge in [-0.1, -0.05) is 6.92 Å². The molecule has 0 aliphatic carbocycles. The molecule has 4 nitrogen and oxygen atoms in total. The van der Waals surface area contributed by atoms with E-state index in [9.17, 15) is 0 Å². The van der Waals surface area contributed by atoms with Crippen molar-refractivity contribution < 1.29 is 9.47 Å². The molecule has 0 saturated carbocycles. The number of hydrogen-bond donors (Lipinski definition) is 0. The molecule has 2 unspecified atom stereocenters. The largest absolute Gasteiger partial charge is 0.374 e. The zero-order valence-electron chi connectivity index (χ0n) is 16.9. The van der Waals surface area contributed by atoms with E-state index in [1.54, 1.807) is 0 Å². The lowest BCUT2D eigenvalue weighted by molar-refractivity contribution is -0.0945. The van der Waals surface area contributed by atoms with Crippen LogP contribution in [0.25, 0.3) is 0 Å². The van der Waals surface area contributed by atoms with Crippen molar-refractivity contribution in [2.24, 2.45) is 0 Å². The second-order valence-electron chi connectivity index (χ2n) is 9.03. The van der Waals surface area contributed by atoms with E-state index >= 15 is 0 Å². The molecule has 2 heterocycles. The normalized spacial score (nSPS) is 27.2. The van der Waals surface area contributed by atoms with Gasteiger partial charge in [-0.15, -0.1) is 0 Å². The lowest BCUT2D eigenvalue weighted by Crippen LogP contribution is -2.38. The smallest absolute Gasteiger partial charge is 0.0721 e. The highest BCUT2D eigenvalue weighted by atomic mass is 16.5. The van der Waals surface area contributed by atoms with Gasteiger partial charge in [-0.3, -0.25) is 0 Å². The summed E-state index contributed by atoms with van der Waals surface area (Å²) in [7, 11) is 2.21. The van der Waals surface area contributed by atoms with E-state index in [4.69, 9.17) is 9.47 Å². The highest BCUT2D eigenvalue weighted by Crippen LogP contribution is 2.28. The maximum atomic E-state index is 6.42. The second-order valence-corrected chi connectivity index (χ2v) is 9.03. The first-order chi connectivity index (χ1) is 11.2. The molecule has 2 saturated heterocycles. The van der Waals surface area contributed by atoms with Crippen molar-refractivity contribution in [1.82, 2.24) is 9.80 Å². The molecule has 4 heteroatoms. The molecule has 2 aliphatic heterocycles. The average Bonchev–Trinajstić information content (AvgIpc) is 3.12. The summed E-state index contributed by atoms with van der Waals surface area (Å²) in [6.45, 7) is 16.6. The van der Waals surface area contributed by atoms with Gasteiger partial charge in [0.15, 0.2) is 0 Å². The lowest BCUT2D eigenvalue weighted by Gasteiger charge is -2.34. The van der Waals surface area contributed by atoms with E-state index in [0.717, 1.165) is 32.5 Å². The van der Waals surface area contributed by atoms with Crippen molar-refractivity contribution in [2.75, 3.05) is 39.8 Å². The van der Waals surface area contributed by atoms with E-state index in [2.05, 4.69) is 51.5 Å². The van der Waals surface area contributed by atoms with Gasteiger partial charge in [0.1, 0.15) is 0 Å².